The molecule has 0 spiro atoms. The number of carbonyl (C=O) groups excluding carboxylic acids is 1. The van der Waals surface area contributed by atoms with Crippen molar-refractivity contribution in [2.75, 3.05) is 12.4 Å². The number of ether oxygens (including phenoxy) is 1. The molecule has 0 bridgehead atoms. The fraction of sp³-hybridized carbons (Fsp3) is 0.190. The molecule has 0 saturated carbocycles. The van der Waals surface area contributed by atoms with Crippen LogP contribution in [0.3, 0.4) is 0 Å². The van der Waals surface area contributed by atoms with Crippen molar-refractivity contribution in [3.05, 3.63) is 59.2 Å². The fourth-order valence-electron chi connectivity index (χ4n) is 3.00. The Morgan fingerprint density at radius 2 is 1.93 bits per heavy atom. The van der Waals surface area contributed by atoms with Gasteiger partial charge in [-0.15, -0.1) is 11.3 Å². The maximum Gasteiger partial charge on any atom is 0.226 e. The van der Waals surface area contributed by atoms with Gasteiger partial charge in [-0.05, 0) is 43.3 Å². The Morgan fingerprint density at radius 3 is 2.68 bits per heavy atom. The summed E-state index contributed by atoms with van der Waals surface area (Å²) in [6, 6.07) is 15.6. The van der Waals surface area contributed by atoms with E-state index in [0.29, 0.717) is 18.0 Å². The number of methoxy groups -OCH3 is 1. The van der Waals surface area contributed by atoms with E-state index in [1.165, 1.54) is 11.3 Å². The lowest BCUT2D eigenvalue weighted by molar-refractivity contribution is -0.116. The van der Waals surface area contributed by atoms with Gasteiger partial charge in [0.05, 0.1) is 23.8 Å². The number of nitrogens with zero attached hydrogens (tertiary/aromatic N) is 2. The van der Waals surface area contributed by atoms with Crippen molar-refractivity contribution < 1.29 is 9.53 Å². The minimum atomic E-state index is -0.0736. The number of thiazole rings is 1. The summed E-state index contributed by atoms with van der Waals surface area (Å²) < 4.78 is 5.19. The van der Waals surface area contributed by atoms with Crippen molar-refractivity contribution in [1.82, 2.24) is 15.0 Å². The molecule has 0 aliphatic carbocycles. The third-order valence-corrected chi connectivity index (χ3v) is 5.32. The number of carbonyl (C=O) groups is 1. The molecule has 4 rings (SSSR count). The van der Waals surface area contributed by atoms with E-state index in [1.807, 2.05) is 55.5 Å². The molecule has 1 amide bonds. The van der Waals surface area contributed by atoms with Gasteiger partial charge in [0.1, 0.15) is 11.6 Å². The number of imidazole rings is 1. The Labute approximate surface area is 166 Å². The molecule has 2 heterocycles. The Balaban J connectivity index is 1.40. The number of H-pyrrole nitrogens is 1. The summed E-state index contributed by atoms with van der Waals surface area (Å²) in [4.78, 5) is 25.7. The van der Waals surface area contributed by atoms with Crippen molar-refractivity contribution in [2.45, 2.75) is 19.8 Å². The van der Waals surface area contributed by atoms with Gasteiger partial charge in [0.25, 0.3) is 0 Å². The maximum absolute atomic E-state index is 12.3. The van der Waals surface area contributed by atoms with E-state index in [2.05, 4.69) is 20.3 Å². The molecule has 2 N–H and O–H groups in total. The van der Waals surface area contributed by atoms with Gasteiger partial charge in [-0.2, -0.15) is 0 Å². The van der Waals surface area contributed by atoms with Crippen LogP contribution in [0.15, 0.2) is 48.5 Å². The number of hydrogen-bond acceptors (Lipinski definition) is 5. The van der Waals surface area contributed by atoms with Crippen molar-refractivity contribution in [2.24, 2.45) is 0 Å². The molecule has 0 saturated heterocycles. The Bertz CT molecular complexity index is 1080. The van der Waals surface area contributed by atoms with E-state index in [0.717, 1.165) is 38.7 Å². The number of rotatable bonds is 6. The van der Waals surface area contributed by atoms with Crippen LogP contribution < -0.4 is 10.1 Å². The first kappa shape index (κ1) is 18.2. The molecule has 2 aromatic carbocycles. The van der Waals surface area contributed by atoms with Crippen LogP contribution in [0.25, 0.3) is 22.3 Å². The van der Waals surface area contributed by atoms with E-state index in [-0.39, 0.29) is 5.91 Å². The van der Waals surface area contributed by atoms with Crippen molar-refractivity contribution >= 4 is 33.4 Å². The highest BCUT2D eigenvalue weighted by Gasteiger charge is 2.13. The number of nitrogens with one attached hydrogen (secondary N) is 2. The molecule has 2 aromatic heterocycles. The lowest BCUT2D eigenvalue weighted by atomic mass is 10.1. The highest BCUT2D eigenvalue weighted by Crippen LogP contribution is 2.31. The molecule has 28 heavy (non-hydrogen) atoms. The van der Waals surface area contributed by atoms with Crippen LogP contribution in [0.5, 0.6) is 5.75 Å². The molecule has 6 nitrogen and oxygen atoms in total. The van der Waals surface area contributed by atoms with Crippen molar-refractivity contribution in [3.8, 4) is 17.0 Å². The molecule has 0 aliphatic heterocycles. The van der Waals surface area contributed by atoms with Crippen LogP contribution in [-0.2, 0) is 11.2 Å². The Hall–Kier alpha value is -3.19. The Morgan fingerprint density at radius 1 is 1.14 bits per heavy atom. The number of benzene rings is 2. The maximum atomic E-state index is 12.3. The minimum Gasteiger partial charge on any atom is -0.497 e. The van der Waals surface area contributed by atoms with Crippen LogP contribution in [0.4, 0.5) is 5.13 Å². The van der Waals surface area contributed by atoms with E-state index in [1.54, 1.807) is 7.11 Å². The quantitative estimate of drug-likeness (QED) is 0.503. The van der Waals surface area contributed by atoms with Crippen LogP contribution in [0.2, 0.25) is 0 Å². The van der Waals surface area contributed by atoms with Gasteiger partial charge in [0.15, 0.2) is 5.13 Å². The van der Waals surface area contributed by atoms with E-state index >= 15 is 0 Å². The average molecular weight is 392 g/mol. The van der Waals surface area contributed by atoms with Crippen LogP contribution in [0.1, 0.15) is 17.1 Å². The van der Waals surface area contributed by atoms with Gasteiger partial charge in [0.2, 0.25) is 5.91 Å². The average Bonchev–Trinajstić information content (AvgIpc) is 3.29. The predicted octanol–water partition coefficient (Wildman–Crippen LogP) is 4.57. The number of aromatic amines is 1. The van der Waals surface area contributed by atoms with Crippen LogP contribution >= 0.6 is 11.3 Å². The van der Waals surface area contributed by atoms with Gasteiger partial charge >= 0.3 is 0 Å². The third-order valence-electron chi connectivity index (χ3n) is 4.43. The van der Waals surface area contributed by atoms with E-state index in [4.69, 9.17) is 4.74 Å². The van der Waals surface area contributed by atoms with Gasteiger partial charge in [-0.1, -0.05) is 12.1 Å². The lowest BCUT2D eigenvalue weighted by Crippen LogP contribution is -2.12. The highest BCUT2D eigenvalue weighted by molar-refractivity contribution is 7.16. The molecule has 0 fully saturated rings. The highest BCUT2D eigenvalue weighted by atomic mass is 32.1. The zero-order valence-electron chi connectivity index (χ0n) is 15.7. The SMILES string of the molecule is COc1ccc(-c2nc(NC(=O)CCc3nc4ccccc4[nH]3)sc2C)cc1. The minimum absolute atomic E-state index is 0.0736. The van der Waals surface area contributed by atoms with Crippen LogP contribution in [0, 0.1) is 6.92 Å². The zero-order chi connectivity index (χ0) is 19.5. The number of aryl methyl sites for hydroxylation is 2. The third kappa shape index (κ3) is 3.89. The van der Waals surface area contributed by atoms with Crippen molar-refractivity contribution in [1.29, 1.82) is 0 Å². The standard InChI is InChI=1S/C21H20N4O2S/c1-13-20(14-7-9-15(27-2)10-8-14)25-21(28-13)24-19(26)12-11-18-22-16-5-3-4-6-17(16)23-18/h3-10H,11-12H2,1-2H3,(H,22,23)(H,24,25,26). The second-order valence-corrected chi connectivity index (χ2v) is 7.60. The number of para-hydroxylation sites is 2. The molecular formula is C21H20N4O2S. The molecule has 4 aromatic rings. The molecule has 142 valence electrons. The number of amides is 1. The summed E-state index contributed by atoms with van der Waals surface area (Å²) in [7, 11) is 1.64. The van der Waals surface area contributed by atoms with Gasteiger partial charge in [-0.3, -0.25) is 4.79 Å². The first-order valence-electron chi connectivity index (χ1n) is 8.97. The first-order valence-corrected chi connectivity index (χ1v) is 9.79. The Kier molecular flexibility index (Phi) is 5.08. The summed E-state index contributed by atoms with van der Waals surface area (Å²) in [5, 5.41) is 3.51. The molecular weight excluding hydrogens is 372 g/mol. The second kappa shape index (κ2) is 7.82. The fourth-order valence-corrected chi connectivity index (χ4v) is 3.86. The summed E-state index contributed by atoms with van der Waals surface area (Å²) in [6.45, 7) is 2.00. The molecule has 0 aliphatic rings. The van der Waals surface area contributed by atoms with Crippen LogP contribution in [-0.4, -0.2) is 28.0 Å². The van der Waals surface area contributed by atoms with Gasteiger partial charge in [0, 0.05) is 23.3 Å². The monoisotopic (exact) mass is 392 g/mol. The normalized spacial score (nSPS) is 10.9. The van der Waals surface area contributed by atoms with E-state index < -0.39 is 0 Å². The summed E-state index contributed by atoms with van der Waals surface area (Å²) in [5.41, 5.74) is 3.77. The summed E-state index contributed by atoms with van der Waals surface area (Å²) in [5.74, 6) is 1.54. The van der Waals surface area contributed by atoms with Gasteiger partial charge in [-0.25, -0.2) is 9.97 Å². The summed E-state index contributed by atoms with van der Waals surface area (Å²) >= 11 is 1.48. The molecule has 0 radical (unpaired) electrons. The largest absolute Gasteiger partial charge is 0.497 e. The lowest BCUT2D eigenvalue weighted by Gasteiger charge is -2.02. The van der Waals surface area contributed by atoms with Crippen molar-refractivity contribution in [3.63, 3.8) is 0 Å². The van der Waals surface area contributed by atoms with Gasteiger partial charge < -0.3 is 15.0 Å². The number of fused-ring (bicyclic) bond motifs is 1. The number of hydrogen-bond donors (Lipinski definition) is 2. The molecule has 0 atom stereocenters. The number of aromatic nitrogens is 3. The predicted molar refractivity (Wildman–Crippen MR) is 112 cm³/mol. The second-order valence-electron chi connectivity index (χ2n) is 6.40. The molecule has 7 heteroatoms. The number of anilines is 1. The smallest absolute Gasteiger partial charge is 0.226 e. The molecule has 0 unspecified atom stereocenters. The van der Waals surface area contributed by atoms with E-state index in [9.17, 15) is 4.79 Å². The first-order chi connectivity index (χ1) is 13.6. The topological polar surface area (TPSA) is 79.9 Å². The summed E-state index contributed by atoms with van der Waals surface area (Å²) in [6.07, 6.45) is 0.895. The zero-order valence-corrected chi connectivity index (χ0v) is 16.5.